The first-order valence-corrected chi connectivity index (χ1v) is 5.85. The van der Waals surface area contributed by atoms with E-state index in [0.29, 0.717) is 11.3 Å². The molecule has 0 saturated heterocycles. The molecule has 104 valence electrons. The molecular weight excluding hydrogens is 277 g/mol. The Morgan fingerprint density at radius 1 is 1.42 bits per heavy atom. The van der Waals surface area contributed by atoms with Gasteiger partial charge < -0.3 is 10.6 Å². The van der Waals surface area contributed by atoms with E-state index in [-0.39, 0.29) is 4.99 Å². The van der Waals surface area contributed by atoms with Crippen molar-refractivity contribution in [3.63, 3.8) is 0 Å². The Morgan fingerprint density at radius 2 is 2.05 bits per heavy atom. The number of hydrogen-bond donors (Lipinski definition) is 1. The lowest BCUT2D eigenvalue weighted by Gasteiger charge is -2.18. The molecule has 0 aliphatic heterocycles. The van der Waals surface area contributed by atoms with Gasteiger partial charge in [0.25, 0.3) is 0 Å². The number of nitrogens with two attached hydrogens (primary N) is 1. The van der Waals surface area contributed by atoms with Crippen molar-refractivity contribution < 1.29 is 18.0 Å². The van der Waals surface area contributed by atoms with Crippen LogP contribution in [0.15, 0.2) is 24.3 Å². The van der Waals surface area contributed by atoms with Crippen LogP contribution in [0.4, 0.5) is 18.9 Å². The predicted molar refractivity (Wildman–Crippen MR) is 71.0 cm³/mol. The number of carbonyl (C=O) groups is 1. The molecule has 0 saturated carbocycles. The van der Waals surface area contributed by atoms with E-state index in [0.717, 1.165) is 4.90 Å². The molecule has 1 rings (SSSR count). The minimum absolute atomic E-state index is 0.165. The van der Waals surface area contributed by atoms with Crippen LogP contribution in [-0.4, -0.2) is 24.1 Å². The molecule has 0 unspecified atom stereocenters. The lowest BCUT2D eigenvalue weighted by atomic mass is 10.2. The second kappa shape index (κ2) is 6.01. The Hall–Kier alpha value is -1.63. The zero-order valence-corrected chi connectivity index (χ0v) is 11.0. The molecule has 0 spiro atoms. The fourth-order valence-corrected chi connectivity index (χ4v) is 1.56. The summed E-state index contributed by atoms with van der Waals surface area (Å²) in [5.41, 5.74) is 6.47. The number of anilines is 1. The minimum atomic E-state index is -4.34. The van der Waals surface area contributed by atoms with Crippen LogP contribution >= 0.6 is 12.2 Å². The van der Waals surface area contributed by atoms with Crippen LogP contribution in [0.1, 0.15) is 18.4 Å². The maximum Gasteiger partial charge on any atom is 0.389 e. The van der Waals surface area contributed by atoms with Crippen LogP contribution in [0.3, 0.4) is 0 Å². The number of carbonyl (C=O) groups excluding carboxylic acids is 1. The molecule has 0 radical (unpaired) electrons. The Labute approximate surface area is 114 Å². The molecule has 0 fully saturated rings. The highest BCUT2D eigenvalue weighted by Gasteiger charge is 2.28. The first-order valence-electron chi connectivity index (χ1n) is 5.44. The normalized spacial score (nSPS) is 11.2. The lowest BCUT2D eigenvalue weighted by molar-refractivity contribution is -0.142. The smallest absolute Gasteiger partial charge is 0.389 e. The van der Waals surface area contributed by atoms with E-state index < -0.39 is 24.9 Å². The molecule has 0 aliphatic rings. The maximum absolute atomic E-state index is 12.0. The van der Waals surface area contributed by atoms with Crippen LogP contribution < -0.4 is 10.6 Å². The van der Waals surface area contributed by atoms with E-state index in [2.05, 4.69) is 0 Å². The molecular formula is C12H13F3N2OS. The van der Waals surface area contributed by atoms with E-state index in [1.807, 2.05) is 0 Å². The van der Waals surface area contributed by atoms with Gasteiger partial charge in [0.2, 0.25) is 5.91 Å². The summed E-state index contributed by atoms with van der Waals surface area (Å²) in [5, 5.41) is 0. The van der Waals surface area contributed by atoms with E-state index in [4.69, 9.17) is 18.0 Å². The summed E-state index contributed by atoms with van der Waals surface area (Å²) >= 11 is 4.80. The topological polar surface area (TPSA) is 46.3 Å². The number of halogens is 3. The van der Waals surface area contributed by atoms with Crippen molar-refractivity contribution in [1.82, 2.24) is 0 Å². The van der Waals surface area contributed by atoms with Gasteiger partial charge in [0, 0.05) is 24.7 Å². The summed E-state index contributed by atoms with van der Waals surface area (Å²) in [4.78, 5) is 13.0. The van der Waals surface area contributed by atoms with Gasteiger partial charge in [-0.2, -0.15) is 13.2 Å². The van der Waals surface area contributed by atoms with Crippen LogP contribution in [0.5, 0.6) is 0 Å². The van der Waals surface area contributed by atoms with Crippen molar-refractivity contribution in [2.45, 2.75) is 19.0 Å². The third-order valence-corrected chi connectivity index (χ3v) is 2.75. The highest BCUT2D eigenvalue weighted by molar-refractivity contribution is 7.80. The van der Waals surface area contributed by atoms with Gasteiger partial charge >= 0.3 is 6.18 Å². The first-order chi connectivity index (χ1) is 8.70. The molecule has 2 N–H and O–H groups in total. The molecule has 19 heavy (non-hydrogen) atoms. The summed E-state index contributed by atoms with van der Waals surface area (Å²) in [6.07, 6.45) is -6.06. The van der Waals surface area contributed by atoms with Crippen molar-refractivity contribution in [3.8, 4) is 0 Å². The predicted octanol–water partition coefficient (Wildman–Crippen LogP) is 2.63. The Kier molecular flexibility index (Phi) is 4.88. The van der Waals surface area contributed by atoms with Crippen LogP contribution in [-0.2, 0) is 4.79 Å². The number of hydrogen-bond acceptors (Lipinski definition) is 2. The maximum atomic E-state index is 12.0. The average Bonchev–Trinajstić information content (AvgIpc) is 2.34. The summed E-state index contributed by atoms with van der Waals surface area (Å²) in [6.45, 7) is 0. The summed E-state index contributed by atoms with van der Waals surface area (Å²) in [6, 6.07) is 6.47. The number of rotatable bonds is 4. The van der Waals surface area contributed by atoms with Crippen molar-refractivity contribution in [1.29, 1.82) is 0 Å². The Balaban J connectivity index is 2.77. The summed E-state index contributed by atoms with van der Waals surface area (Å²) in [5.74, 6) is -0.614. The van der Waals surface area contributed by atoms with Crippen molar-refractivity contribution in [2.24, 2.45) is 5.73 Å². The van der Waals surface area contributed by atoms with Gasteiger partial charge in [-0.05, 0) is 12.1 Å². The number of benzene rings is 1. The molecule has 1 aromatic carbocycles. The number of alkyl halides is 3. The quantitative estimate of drug-likeness (QED) is 0.867. The SMILES string of the molecule is CN(C(=O)CCC(F)(F)F)c1cccc(C(N)=S)c1. The Bertz CT molecular complexity index is 488. The van der Waals surface area contributed by atoms with Gasteiger partial charge in [-0.3, -0.25) is 4.79 Å². The van der Waals surface area contributed by atoms with Gasteiger partial charge in [-0.15, -0.1) is 0 Å². The van der Waals surface area contributed by atoms with Gasteiger partial charge in [0.05, 0.1) is 6.42 Å². The zero-order chi connectivity index (χ0) is 14.6. The fraction of sp³-hybridized carbons (Fsp3) is 0.333. The molecule has 3 nitrogen and oxygen atoms in total. The number of nitrogens with zero attached hydrogens (tertiary/aromatic N) is 1. The highest BCUT2D eigenvalue weighted by Crippen LogP contribution is 2.23. The molecule has 0 heterocycles. The van der Waals surface area contributed by atoms with E-state index >= 15 is 0 Å². The van der Waals surface area contributed by atoms with E-state index in [1.165, 1.54) is 7.05 Å². The van der Waals surface area contributed by atoms with E-state index in [9.17, 15) is 18.0 Å². The molecule has 7 heteroatoms. The lowest BCUT2D eigenvalue weighted by Crippen LogP contribution is -2.27. The molecule has 0 bridgehead atoms. The minimum Gasteiger partial charge on any atom is -0.389 e. The van der Waals surface area contributed by atoms with Crippen LogP contribution in [0, 0.1) is 0 Å². The van der Waals surface area contributed by atoms with Gasteiger partial charge in [-0.25, -0.2) is 0 Å². The molecule has 1 aromatic rings. The summed E-state index contributed by atoms with van der Waals surface area (Å²) in [7, 11) is 1.41. The molecule has 0 aromatic heterocycles. The standard InChI is InChI=1S/C12H13F3N2OS/c1-17(10(18)5-6-12(13,14)15)9-4-2-3-8(7-9)11(16)19/h2-4,7H,5-6H2,1H3,(H2,16,19). The van der Waals surface area contributed by atoms with Crippen molar-refractivity contribution >= 4 is 28.8 Å². The van der Waals surface area contributed by atoms with Crippen molar-refractivity contribution in [2.75, 3.05) is 11.9 Å². The average molecular weight is 290 g/mol. The van der Waals surface area contributed by atoms with Gasteiger partial charge in [0.15, 0.2) is 0 Å². The molecule has 0 aliphatic carbocycles. The van der Waals surface area contributed by atoms with Gasteiger partial charge in [-0.1, -0.05) is 24.4 Å². The Morgan fingerprint density at radius 3 is 2.58 bits per heavy atom. The van der Waals surface area contributed by atoms with Crippen LogP contribution in [0.2, 0.25) is 0 Å². The molecule has 0 atom stereocenters. The highest BCUT2D eigenvalue weighted by atomic mass is 32.1. The van der Waals surface area contributed by atoms with Crippen molar-refractivity contribution in [3.05, 3.63) is 29.8 Å². The third kappa shape index (κ3) is 4.86. The number of thiocarbonyl (C=S) groups is 1. The van der Waals surface area contributed by atoms with E-state index in [1.54, 1.807) is 24.3 Å². The number of amides is 1. The fourth-order valence-electron chi connectivity index (χ4n) is 1.43. The van der Waals surface area contributed by atoms with Crippen LogP contribution in [0.25, 0.3) is 0 Å². The first kappa shape index (κ1) is 15.4. The van der Waals surface area contributed by atoms with Gasteiger partial charge in [0.1, 0.15) is 4.99 Å². The zero-order valence-electron chi connectivity index (χ0n) is 10.2. The second-order valence-electron chi connectivity index (χ2n) is 3.98. The summed E-state index contributed by atoms with van der Waals surface area (Å²) < 4.78 is 36.1. The monoisotopic (exact) mass is 290 g/mol. The second-order valence-corrected chi connectivity index (χ2v) is 4.42. The molecule has 1 amide bonds. The largest absolute Gasteiger partial charge is 0.389 e. The third-order valence-electron chi connectivity index (χ3n) is 2.51.